The first-order valence-corrected chi connectivity index (χ1v) is 13.4. The molecule has 2 aliphatic heterocycles. The third kappa shape index (κ3) is 5.59. The van der Waals surface area contributed by atoms with Crippen molar-refractivity contribution >= 4 is 23.4 Å². The molecule has 0 saturated heterocycles. The van der Waals surface area contributed by atoms with Gasteiger partial charge in [-0.1, -0.05) is 51.0 Å². The molecule has 2 amide bonds. The molecule has 0 aliphatic carbocycles. The lowest BCUT2D eigenvalue weighted by Gasteiger charge is -2.43. The second-order valence-electron chi connectivity index (χ2n) is 10.8. The van der Waals surface area contributed by atoms with Crippen LogP contribution in [0.4, 0.5) is 16.2 Å². The molecule has 2 atom stereocenters. The lowest BCUT2D eigenvalue weighted by Crippen LogP contribution is -2.53. The SMILES string of the molecule is CCCC1(CCC)OC(=O)N(CCC(C)(C)NCC(O)C2Oc3cccc(O)c3NC2=O)c2ccccc21. The van der Waals surface area contributed by atoms with Gasteiger partial charge in [-0.05, 0) is 51.3 Å². The number of aromatic hydroxyl groups is 1. The quantitative estimate of drug-likeness (QED) is 0.315. The molecule has 4 rings (SSSR count). The monoisotopic (exact) mass is 525 g/mol. The number of phenols is 1. The fraction of sp³-hybridized carbons (Fsp3) is 0.517. The summed E-state index contributed by atoms with van der Waals surface area (Å²) in [7, 11) is 0. The number of nitrogens with zero attached hydrogens (tertiary/aromatic N) is 1. The van der Waals surface area contributed by atoms with E-state index in [-0.39, 0.29) is 24.1 Å². The van der Waals surface area contributed by atoms with Gasteiger partial charge < -0.3 is 30.3 Å². The lowest BCUT2D eigenvalue weighted by atomic mass is 9.82. The largest absolute Gasteiger partial charge is 0.506 e. The van der Waals surface area contributed by atoms with Crippen LogP contribution in [0.25, 0.3) is 0 Å². The number of phenolic OH excluding ortho intramolecular Hbond substituents is 1. The van der Waals surface area contributed by atoms with E-state index in [4.69, 9.17) is 9.47 Å². The molecule has 2 aliphatic rings. The molecular formula is C29H39N3O6. The highest BCUT2D eigenvalue weighted by atomic mass is 16.6. The summed E-state index contributed by atoms with van der Waals surface area (Å²) in [6.07, 6.45) is 1.37. The van der Waals surface area contributed by atoms with Crippen LogP contribution in [-0.2, 0) is 15.1 Å². The van der Waals surface area contributed by atoms with Crippen LogP contribution in [0, 0.1) is 0 Å². The second kappa shape index (κ2) is 11.2. The molecule has 0 fully saturated rings. The fourth-order valence-electron chi connectivity index (χ4n) is 5.33. The molecule has 9 heteroatoms. The number of hydrogen-bond acceptors (Lipinski definition) is 7. The molecule has 206 valence electrons. The van der Waals surface area contributed by atoms with Crippen molar-refractivity contribution < 1.29 is 29.3 Å². The van der Waals surface area contributed by atoms with Crippen molar-refractivity contribution in [2.75, 3.05) is 23.3 Å². The Morgan fingerprint density at radius 1 is 1.11 bits per heavy atom. The molecule has 0 bridgehead atoms. The number of nitrogens with one attached hydrogen (secondary N) is 2. The molecule has 2 unspecified atom stereocenters. The third-order valence-electron chi connectivity index (χ3n) is 7.36. The van der Waals surface area contributed by atoms with E-state index in [1.165, 1.54) is 6.07 Å². The zero-order valence-electron chi connectivity index (χ0n) is 22.6. The zero-order valence-corrected chi connectivity index (χ0v) is 22.6. The highest BCUT2D eigenvalue weighted by Crippen LogP contribution is 2.45. The van der Waals surface area contributed by atoms with Gasteiger partial charge in [0.1, 0.15) is 28.9 Å². The molecule has 0 aromatic heterocycles. The Kier molecular flexibility index (Phi) is 8.18. The van der Waals surface area contributed by atoms with Crippen molar-refractivity contribution in [2.24, 2.45) is 0 Å². The van der Waals surface area contributed by atoms with Gasteiger partial charge in [0.15, 0.2) is 0 Å². The van der Waals surface area contributed by atoms with Crippen LogP contribution < -0.4 is 20.3 Å². The van der Waals surface area contributed by atoms with E-state index in [2.05, 4.69) is 30.5 Å². The second-order valence-corrected chi connectivity index (χ2v) is 10.8. The summed E-state index contributed by atoms with van der Waals surface area (Å²) in [5.41, 5.74) is 1.07. The van der Waals surface area contributed by atoms with Gasteiger partial charge in [0.05, 0.1) is 5.69 Å². The number of β-amino-alcohol motifs (C(OH)–C–C–N with tert-alkyl or cyclic N) is 1. The third-order valence-corrected chi connectivity index (χ3v) is 7.36. The van der Waals surface area contributed by atoms with Crippen LogP contribution in [0.3, 0.4) is 0 Å². The Morgan fingerprint density at radius 2 is 1.82 bits per heavy atom. The van der Waals surface area contributed by atoms with Gasteiger partial charge in [-0.2, -0.15) is 0 Å². The van der Waals surface area contributed by atoms with E-state index in [0.29, 0.717) is 18.7 Å². The summed E-state index contributed by atoms with van der Waals surface area (Å²) in [5, 5.41) is 26.6. The van der Waals surface area contributed by atoms with Crippen LogP contribution in [-0.4, -0.2) is 53.0 Å². The van der Waals surface area contributed by atoms with E-state index < -0.39 is 29.3 Å². The highest BCUT2D eigenvalue weighted by molar-refractivity contribution is 5.99. The van der Waals surface area contributed by atoms with Crippen LogP contribution in [0.5, 0.6) is 11.5 Å². The summed E-state index contributed by atoms with van der Waals surface area (Å²) >= 11 is 0. The summed E-state index contributed by atoms with van der Waals surface area (Å²) < 4.78 is 11.8. The van der Waals surface area contributed by atoms with E-state index in [0.717, 1.165) is 36.9 Å². The average Bonchev–Trinajstić information content (AvgIpc) is 2.88. The van der Waals surface area contributed by atoms with Gasteiger partial charge in [0.25, 0.3) is 5.91 Å². The van der Waals surface area contributed by atoms with E-state index in [1.807, 2.05) is 32.0 Å². The molecule has 0 radical (unpaired) electrons. The van der Waals surface area contributed by atoms with Gasteiger partial charge in [-0.3, -0.25) is 9.69 Å². The first kappa shape index (κ1) is 27.7. The highest BCUT2D eigenvalue weighted by Gasteiger charge is 2.44. The molecule has 4 N–H and O–H groups in total. The summed E-state index contributed by atoms with van der Waals surface area (Å²) in [6.45, 7) is 8.69. The Hall–Kier alpha value is -3.30. The van der Waals surface area contributed by atoms with Crippen LogP contribution in [0.2, 0.25) is 0 Å². The van der Waals surface area contributed by atoms with Gasteiger partial charge in [-0.15, -0.1) is 0 Å². The minimum absolute atomic E-state index is 0.0936. The average molecular weight is 526 g/mol. The van der Waals surface area contributed by atoms with Gasteiger partial charge >= 0.3 is 6.09 Å². The number of carbonyl (C=O) groups is 2. The Bertz CT molecular complexity index is 1160. The minimum Gasteiger partial charge on any atom is -0.506 e. The summed E-state index contributed by atoms with van der Waals surface area (Å²) in [5.74, 6) is -0.318. The number of rotatable bonds is 11. The lowest BCUT2D eigenvalue weighted by molar-refractivity contribution is -0.128. The van der Waals surface area contributed by atoms with Gasteiger partial charge in [0.2, 0.25) is 6.10 Å². The maximum absolute atomic E-state index is 13.2. The van der Waals surface area contributed by atoms with E-state index >= 15 is 0 Å². The van der Waals surface area contributed by atoms with Crippen molar-refractivity contribution in [3.8, 4) is 11.5 Å². The number of aliphatic hydroxyl groups excluding tert-OH is 1. The number of anilines is 2. The maximum Gasteiger partial charge on any atom is 0.415 e. The number of para-hydroxylation sites is 2. The van der Waals surface area contributed by atoms with Crippen molar-refractivity contribution in [3.05, 3.63) is 48.0 Å². The minimum atomic E-state index is -1.13. The normalized spacial score (nSPS) is 19.1. The maximum atomic E-state index is 13.2. The summed E-state index contributed by atoms with van der Waals surface area (Å²) in [4.78, 5) is 27.4. The van der Waals surface area contributed by atoms with Crippen molar-refractivity contribution in [3.63, 3.8) is 0 Å². The number of benzene rings is 2. The molecule has 2 heterocycles. The molecule has 0 spiro atoms. The molecule has 38 heavy (non-hydrogen) atoms. The Labute approximate surface area is 224 Å². The predicted molar refractivity (Wildman–Crippen MR) is 146 cm³/mol. The number of carbonyl (C=O) groups excluding carboxylic acids is 2. The zero-order chi connectivity index (χ0) is 27.5. The van der Waals surface area contributed by atoms with E-state index in [1.54, 1.807) is 17.0 Å². The van der Waals surface area contributed by atoms with Crippen molar-refractivity contribution in [1.29, 1.82) is 0 Å². The molecular weight excluding hydrogens is 486 g/mol. The molecule has 9 nitrogen and oxygen atoms in total. The Morgan fingerprint density at radius 3 is 2.53 bits per heavy atom. The van der Waals surface area contributed by atoms with Crippen LogP contribution in [0.15, 0.2) is 42.5 Å². The number of hydrogen-bond donors (Lipinski definition) is 4. The Balaban J connectivity index is 1.40. The number of cyclic esters (lactones) is 1. The van der Waals surface area contributed by atoms with Crippen LogP contribution in [0.1, 0.15) is 65.4 Å². The number of amides is 2. The fourth-order valence-corrected chi connectivity index (χ4v) is 5.33. The van der Waals surface area contributed by atoms with Crippen LogP contribution >= 0.6 is 0 Å². The van der Waals surface area contributed by atoms with Crippen molar-refractivity contribution in [1.82, 2.24) is 5.32 Å². The van der Waals surface area contributed by atoms with Gasteiger partial charge in [-0.25, -0.2) is 4.79 Å². The predicted octanol–water partition coefficient (Wildman–Crippen LogP) is 4.66. The topological polar surface area (TPSA) is 120 Å². The number of fused-ring (bicyclic) bond motifs is 2. The summed E-state index contributed by atoms with van der Waals surface area (Å²) in [6, 6.07) is 12.7. The first-order valence-electron chi connectivity index (χ1n) is 13.4. The number of ether oxygens (including phenoxy) is 2. The standard InChI is InChI=1S/C29H39N3O6/c1-5-14-29(15-6-2)19-10-7-8-11-20(19)32(27(36)38-29)17-16-28(3,4)30-18-22(34)25-26(35)31-24-21(33)12-9-13-23(24)37-25/h7-13,22,25,30,33-34H,5-6,14-18H2,1-4H3,(H,31,35). The van der Waals surface area contributed by atoms with Crippen molar-refractivity contribution in [2.45, 2.75) is 83.1 Å². The number of aliphatic hydroxyl groups is 1. The molecule has 0 saturated carbocycles. The molecule has 2 aromatic carbocycles. The smallest absolute Gasteiger partial charge is 0.415 e. The molecule has 2 aromatic rings. The van der Waals surface area contributed by atoms with Gasteiger partial charge in [0, 0.05) is 24.2 Å². The van der Waals surface area contributed by atoms with E-state index in [9.17, 15) is 19.8 Å². The first-order chi connectivity index (χ1) is 18.1.